The van der Waals surface area contributed by atoms with Crippen LogP contribution in [-0.2, 0) is 0 Å². The number of carbonyl (C=O) groups is 1. The van der Waals surface area contributed by atoms with E-state index in [9.17, 15) is 9.18 Å². The molecule has 0 heterocycles. The van der Waals surface area contributed by atoms with Crippen molar-refractivity contribution in [1.29, 1.82) is 0 Å². The van der Waals surface area contributed by atoms with Crippen LogP contribution in [0, 0.1) is 17.7 Å². The topological polar surface area (TPSA) is 55.1 Å². The molecule has 2 atom stereocenters. The first-order chi connectivity index (χ1) is 10.1. The zero-order valence-electron chi connectivity index (χ0n) is 12.0. The third-order valence-corrected chi connectivity index (χ3v) is 4.70. The number of nitrogens with two attached hydrogens (primary N) is 1. The maximum absolute atomic E-state index is 14.0. The molecule has 2 rings (SSSR count). The number of halogens is 1. The molecule has 2 unspecified atom stereocenters. The van der Waals surface area contributed by atoms with Crippen LogP contribution in [0.1, 0.15) is 35.2 Å². The van der Waals surface area contributed by atoms with Gasteiger partial charge in [-0.15, -0.1) is 0 Å². The van der Waals surface area contributed by atoms with E-state index in [4.69, 9.17) is 5.73 Å². The second kappa shape index (κ2) is 7.48. The maximum Gasteiger partial charge on any atom is 0.254 e. The van der Waals surface area contributed by atoms with Gasteiger partial charge in [-0.2, -0.15) is 11.8 Å². The Kier molecular flexibility index (Phi) is 5.66. The summed E-state index contributed by atoms with van der Waals surface area (Å²) in [7, 11) is 0. The quantitative estimate of drug-likeness (QED) is 0.841. The third-order valence-electron chi connectivity index (χ3n) is 3.60. The molecular weight excluding hydrogens is 287 g/mol. The highest BCUT2D eigenvalue weighted by Crippen LogP contribution is 2.28. The van der Waals surface area contributed by atoms with Crippen molar-refractivity contribution >= 4 is 17.7 Å². The van der Waals surface area contributed by atoms with Crippen molar-refractivity contribution in [2.24, 2.45) is 5.73 Å². The molecule has 5 heteroatoms. The van der Waals surface area contributed by atoms with Gasteiger partial charge in [-0.1, -0.05) is 11.8 Å². The molecule has 1 aliphatic carbocycles. The molecule has 0 spiro atoms. The maximum atomic E-state index is 14.0. The number of nitrogens with one attached hydrogen (secondary N) is 1. The summed E-state index contributed by atoms with van der Waals surface area (Å²) in [4.78, 5) is 12.1. The first-order valence-corrected chi connectivity index (χ1v) is 8.25. The number of hydrogen-bond acceptors (Lipinski definition) is 3. The lowest BCUT2D eigenvalue weighted by Crippen LogP contribution is -2.33. The Labute approximate surface area is 128 Å². The second-order valence-electron chi connectivity index (χ2n) is 5.04. The van der Waals surface area contributed by atoms with Gasteiger partial charge in [0, 0.05) is 16.9 Å². The molecule has 112 valence electrons. The molecule has 0 radical (unpaired) electrons. The van der Waals surface area contributed by atoms with Crippen LogP contribution in [0.4, 0.5) is 4.39 Å². The van der Waals surface area contributed by atoms with Crippen molar-refractivity contribution in [2.75, 3.05) is 12.8 Å². The molecule has 21 heavy (non-hydrogen) atoms. The first-order valence-electron chi connectivity index (χ1n) is 6.96. The SMILES string of the molecule is CSC1CCC(NC(=O)c2ccc(C#CCN)cc2F)C1. The Morgan fingerprint density at radius 3 is 2.95 bits per heavy atom. The fourth-order valence-corrected chi connectivity index (χ4v) is 3.28. The molecule has 1 aromatic rings. The molecule has 0 aliphatic heterocycles. The van der Waals surface area contributed by atoms with Gasteiger partial charge in [0.1, 0.15) is 5.82 Å². The van der Waals surface area contributed by atoms with E-state index >= 15 is 0 Å². The Morgan fingerprint density at radius 1 is 1.52 bits per heavy atom. The molecule has 3 nitrogen and oxygen atoms in total. The van der Waals surface area contributed by atoms with E-state index in [1.54, 1.807) is 6.07 Å². The molecule has 3 N–H and O–H groups in total. The third kappa shape index (κ3) is 4.23. The Balaban J connectivity index is 2.02. The van der Waals surface area contributed by atoms with Crippen LogP contribution in [0.15, 0.2) is 18.2 Å². The zero-order chi connectivity index (χ0) is 15.2. The summed E-state index contributed by atoms with van der Waals surface area (Å²) in [6.45, 7) is 0.224. The predicted octanol–water partition coefficient (Wildman–Crippen LogP) is 2.15. The van der Waals surface area contributed by atoms with Crippen molar-refractivity contribution in [3.63, 3.8) is 0 Å². The Hall–Kier alpha value is -1.51. The highest BCUT2D eigenvalue weighted by atomic mass is 32.2. The minimum Gasteiger partial charge on any atom is -0.349 e. The van der Waals surface area contributed by atoms with Crippen LogP contribution in [0.3, 0.4) is 0 Å². The van der Waals surface area contributed by atoms with Gasteiger partial charge in [0.05, 0.1) is 12.1 Å². The van der Waals surface area contributed by atoms with Crippen molar-refractivity contribution < 1.29 is 9.18 Å². The first kappa shape index (κ1) is 15.9. The van der Waals surface area contributed by atoms with Crippen LogP contribution in [0.2, 0.25) is 0 Å². The van der Waals surface area contributed by atoms with E-state index in [0.29, 0.717) is 10.8 Å². The van der Waals surface area contributed by atoms with Gasteiger partial charge in [0.25, 0.3) is 5.91 Å². The van der Waals surface area contributed by atoms with Crippen molar-refractivity contribution in [2.45, 2.75) is 30.6 Å². The lowest BCUT2D eigenvalue weighted by molar-refractivity contribution is 0.0934. The molecule has 1 aliphatic rings. The van der Waals surface area contributed by atoms with Crippen LogP contribution in [0.25, 0.3) is 0 Å². The minimum absolute atomic E-state index is 0.0703. The largest absolute Gasteiger partial charge is 0.349 e. The van der Waals surface area contributed by atoms with E-state index in [-0.39, 0.29) is 24.1 Å². The van der Waals surface area contributed by atoms with Gasteiger partial charge in [-0.25, -0.2) is 4.39 Å². The standard InChI is InChI=1S/C16H19FN2OS/c1-21-13-6-5-12(10-13)19-16(20)14-7-4-11(3-2-8-18)9-15(14)17/h4,7,9,12-13H,5-6,8,10,18H2,1H3,(H,19,20). The van der Waals surface area contributed by atoms with Gasteiger partial charge in [-0.3, -0.25) is 4.79 Å². The highest BCUT2D eigenvalue weighted by molar-refractivity contribution is 7.99. The fraction of sp³-hybridized carbons (Fsp3) is 0.438. The summed E-state index contributed by atoms with van der Waals surface area (Å²) in [6.07, 6.45) is 5.09. The molecule has 1 saturated carbocycles. The molecule has 1 amide bonds. The molecule has 0 aromatic heterocycles. The minimum atomic E-state index is -0.546. The average molecular weight is 306 g/mol. The summed E-state index contributed by atoms with van der Waals surface area (Å²) in [5.74, 6) is 4.51. The molecule has 1 aromatic carbocycles. The van der Waals surface area contributed by atoms with Gasteiger partial charge >= 0.3 is 0 Å². The Bertz CT molecular complexity index is 579. The van der Waals surface area contributed by atoms with Gasteiger partial charge in [-0.05, 0) is 43.7 Å². The van der Waals surface area contributed by atoms with E-state index in [0.717, 1.165) is 19.3 Å². The number of benzene rings is 1. The highest BCUT2D eigenvalue weighted by Gasteiger charge is 2.26. The summed E-state index contributed by atoms with van der Waals surface area (Å²) < 4.78 is 14.0. The van der Waals surface area contributed by atoms with Crippen LogP contribution in [-0.4, -0.2) is 30.0 Å². The average Bonchev–Trinajstić information content (AvgIpc) is 2.92. The number of amides is 1. The van der Waals surface area contributed by atoms with Gasteiger partial charge in [0.15, 0.2) is 0 Å². The monoisotopic (exact) mass is 306 g/mol. The molecular formula is C16H19FN2OS. The molecule has 1 fully saturated rings. The van der Waals surface area contributed by atoms with Crippen molar-refractivity contribution in [3.05, 3.63) is 35.1 Å². The fourth-order valence-electron chi connectivity index (χ4n) is 2.48. The van der Waals surface area contributed by atoms with Crippen LogP contribution < -0.4 is 11.1 Å². The second-order valence-corrected chi connectivity index (χ2v) is 6.18. The number of thioether (sulfide) groups is 1. The lowest BCUT2D eigenvalue weighted by atomic mass is 10.1. The van der Waals surface area contributed by atoms with E-state index in [1.165, 1.54) is 12.1 Å². The van der Waals surface area contributed by atoms with E-state index in [1.807, 2.05) is 11.8 Å². The Morgan fingerprint density at radius 2 is 2.33 bits per heavy atom. The number of rotatable bonds is 3. The summed E-state index contributed by atoms with van der Waals surface area (Å²) >= 11 is 1.82. The van der Waals surface area contributed by atoms with Crippen LogP contribution in [0.5, 0.6) is 0 Å². The number of hydrogen-bond donors (Lipinski definition) is 2. The van der Waals surface area contributed by atoms with E-state index < -0.39 is 5.82 Å². The lowest BCUT2D eigenvalue weighted by Gasteiger charge is -2.13. The van der Waals surface area contributed by atoms with Gasteiger partial charge in [0.2, 0.25) is 0 Å². The summed E-state index contributed by atoms with van der Waals surface area (Å²) in [5, 5.41) is 3.51. The molecule has 0 saturated heterocycles. The summed E-state index contributed by atoms with van der Waals surface area (Å²) in [5.41, 5.74) is 5.87. The zero-order valence-corrected chi connectivity index (χ0v) is 12.8. The van der Waals surface area contributed by atoms with E-state index in [2.05, 4.69) is 23.4 Å². The number of carbonyl (C=O) groups excluding carboxylic acids is 1. The normalized spacial score (nSPS) is 20.7. The van der Waals surface area contributed by atoms with Crippen LogP contribution >= 0.6 is 11.8 Å². The summed E-state index contributed by atoms with van der Waals surface area (Å²) in [6, 6.07) is 4.54. The predicted molar refractivity (Wildman–Crippen MR) is 84.7 cm³/mol. The molecule has 0 bridgehead atoms. The van der Waals surface area contributed by atoms with Crippen molar-refractivity contribution in [3.8, 4) is 11.8 Å². The smallest absolute Gasteiger partial charge is 0.254 e. The van der Waals surface area contributed by atoms with Gasteiger partial charge < -0.3 is 11.1 Å². The van der Waals surface area contributed by atoms with Crippen molar-refractivity contribution in [1.82, 2.24) is 5.32 Å².